The molecule has 1 atom stereocenters. The van der Waals surface area contributed by atoms with E-state index in [0.29, 0.717) is 18.0 Å². The summed E-state index contributed by atoms with van der Waals surface area (Å²) in [6.45, 7) is 6.31. The van der Waals surface area contributed by atoms with Crippen LogP contribution in [0.2, 0.25) is 0 Å². The number of aliphatic hydroxyl groups is 1. The number of aliphatic hydroxyl groups excluding tert-OH is 1. The van der Waals surface area contributed by atoms with Crippen molar-refractivity contribution in [1.82, 2.24) is 4.90 Å². The normalized spacial score (nSPS) is 13.2. The third-order valence-corrected chi connectivity index (χ3v) is 3.14. The predicted molar refractivity (Wildman–Crippen MR) is 79.0 cm³/mol. The van der Waals surface area contributed by atoms with Crippen LogP contribution in [0.15, 0.2) is 24.3 Å². The van der Waals surface area contributed by atoms with Gasteiger partial charge >= 0.3 is 0 Å². The largest absolute Gasteiger partial charge is 0.389 e. The van der Waals surface area contributed by atoms with Gasteiger partial charge in [0.25, 0.3) is 0 Å². The van der Waals surface area contributed by atoms with Crippen LogP contribution in [0.3, 0.4) is 0 Å². The molecule has 1 rings (SSSR count). The van der Waals surface area contributed by atoms with Crippen LogP contribution in [-0.2, 0) is 11.3 Å². The Morgan fingerprint density at radius 1 is 1.30 bits per heavy atom. The lowest BCUT2D eigenvalue weighted by Gasteiger charge is -2.21. The van der Waals surface area contributed by atoms with Crippen LogP contribution in [0.1, 0.15) is 25.8 Å². The molecule has 20 heavy (non-hydrogen) atoms. The van der Waals surface area contributed by atoms with Crippen molar-refractivity contribution < 1.29 is 14.2 Å². The van der Waals surface area contributed by atoms with Gasteiger partial charge in [0.1, 0.15) is 5.82 Å². The van der Waals surface area contributed by atoms with E-state index in [4.69, 9.17) is 4.74 Å². The first-order valence-electron chi connectivity index (χ1n) is 7.16. The molecule has 114 valence electrons. The minimum Gasteiger partial charge on any atom is -0.389 e. The first-order chi connectivity index (χ1) is 9.49. The molecule has 0 aliphatic rings. The van der Waals surface area contributed by atoms with Gasteiger partial charge in [-0.2, -0.15) is 0 Å². The third kappa shape index (κ3) is 6.98. The summed E-state index contributed by atoms with van der Waals surface area (Å²) >= 11 is 0. The monoisotopic (exact) mass is 283 g/mol. The van der Waals surface area contributed by atoms with Gasteiger partial charge in [-0.15, -0.1) is 0 Å². The Kier molecular flexibility index (Phi) is 7.73. The zero-order chi connectivity index (χ0) is 15.0. The van der Waals surface area contributed by atoms with Crippen molar-refractivity contribution in [1.29, 1.82) is 0 Å². The number of nitrogens with zero attached hydrogens (tertiary/aromatic N) is 1. The van der Waals surface area contributed by atoms with Crippen molar-refractivity contribution >= 4 is 0 Å². The van der Waals surface area contributed by atoms with E-state index < -0.39 is 6.10 Å². The topological polar surface area (TPSA) is 32.7 Å². The Hall–Kier alpha value is -0.970. The lowest BCUT2D eigenvalue weighted by Crippen LogP contribution is -2.33. The second kappa shape index (κ2) is 9.06. The number of benzene rings is 1. The smallest absolute Gasteiger partial charge is 0.128 e. The Balaban J connectivity index is 2.20. The summed E-state index contributed by atoms with van der Waals surface area (Å²) in [5.41, 5.74) is 0.521. The van der Waals surface area contributed by atoms with E-state index in [1.54, 1.807) is 18.2 Å². The lowest BCUT2D eigenvalue weighted by molar-refractivity contribution is 0.0124. The zero-order valence-electron chi connectivity index (χ0n) is 12.7. The molecule has 0 spiro atoms. The number of hydrogen-bond acceptors (Lipinski definition) is 3. The molecule has 1 aromatic rings. The maximum Gasteiger partial charge on any atom is 0.128 e. The number of halogens is 1. The van der Waals surface area contributed by atoms with Crippen LogP contribution in [-0.4, -0.2) is 42.9 Å². The molecular formula is C16H26FNO2. The van der Waals surface area contributed by atoms with Crippen LogP contribution < -0.4 is 0 Å². The molecule has 0 radical (unpaired) electrons. The van der Waals surface area contributed by atoms with Gasteiger partial charge in [0.15, 0.2) is 0 Å². The predicted octanol–water partition coefficient (Wildman–Crippen LogP) is 2.68. The van der Waals surface area contributed by atoms with Crippen molar-refractivity contribution in [2.75, 3.05) is 26.7 Å². The van der Waals surface area contributed by atoms with Crippen LogP contribution in [0.4, 0.5) is 4.39 Å². The Morgan fingerprint density at radius 2 is 2.00 bits per heavy atom. The fourth-order valence-electron chi connectivity index (χ4n) is 1.90. The van der Waals surface area contributed by atoms with E-state index in [0.717, 1.165) is 13.0 Å². The van der Waals surface area contributed by atoms with E-state index in [-0.39, 0.29) is 19.0 Å². The molecule has 0 aliphatic heterocycles. The lowest BCUT2D eigenvalue weighted by atomic mass is 10.1. The average molecular weight is 283 g/mol. The van der Waals surface area contributed by atoms with Crippen molar-refractivity contribution in [3.05, 3.63) is 35.6 Å². The van der Waals surface area contributed by atoms with E-state index in [1.807, 2.05) is 7.05 Å². The van der Waals surface area contributed by atoms with E-state index in [2.05, 4.69) is 18.7 Å². The molecule has 3 nitrogen and oxygen atoms in total. The Labute approximate surface area is 121 Å². The standard InChI is InChI=1S/C16H26FNO2/c1-13(2)8-9-18(3)10-15(19)12-20-11-14-6-4-5-7-16(14)17/h4-7,13,15,19H,8-12H2,1-3H3. The highest BCUT2D eigenvalue weighted by Gasteiger charge is 2.09. The number of ether oxygens (including phenoxy) is 1. The van der Waals surface area contributed by atoms with Gasteiger partial charge in [-0.25, -0.2) is 4.39 Å². The summed E-state index contributed by atoms with van der Waals surface area (Å²) in [6, 6.07) is 6.53. The molecule has 1 unspecified atom stereocenters. The van der Waals surface area contributed by atoms with Crippen LogP contribution in [0, 0.1) is 11.7 Å². The van der Waals surface area contributed by atoms with Crippen LogP contribution in [0.5, 0.6) is 0 Å². The summed E-state index contributed by atoms with van der Waals surface area (Å²) in [4.78, 5) is 2.09. The molecule has 0 aromatic heterocycles. The number of hydrogen-bond donors (Lipinski definition) is 1. The molecule has 1 N–H and O–H groups in total. The van der Waals surface area contributed by atoms with Crippen molar-refractivity contribution in [3.8, 4) is 0 Å². The fourth-order valence-corrected chi connectivity index (χ4v) is 1.90. The molecule has 0 bridgehead atoms. The number of likely N-dealkylation sites (N-methyl/N-ethyl adjacent to an activating group) is 1. The average Bonchev–Trinajstić information content (AvgIpc) is 2.38. The SMILES string of the molecule is CC(C)CCN(C)CC(O)COCc1ccccc1F. The summed E-state index contributed by atoms with van der Waals surface area (Å²) in [7, 11) is 1.99. The minimum atomic E-state index is -0.543. The quantitative estimate of drug-likeness (QED) is 0.756. The third-order valence-electron chi connectivity index (χ3n) is 3.14. The van der Waals surface area contributed by atoms with Gasteiger partial charge in [0.05, 0.1) is 19.3 Å². The highest BCUT2D eigenvalue weighted by Crippen LogP contribution is 2.08. The molecule has 0 aliphatic carbocycles. The Morgan fingerprint density at radius 3 is 2.65 bits per heavy atom. The van der Waals surface area contributed by atoms with Gasteiger partial charge in [0.2, 0.25) is 0 Å². The van der Waals surface area contributed by atoms with E-state index in [9.17, 15) is 9.50 Å². The molecule has 4 heteroatoms. The van der Waals surface area contributed by atoms with Crippen molar-refractivity contribution in [2.45, 2.75) is 33.0 Å². The first kappa shape index (κ1) is 17.1. The molecule has 0 saturated carbocycles. The second-order valence-electron chi connectivity index (χ2n) is 5.71. The molecule has 0 saturated heterocycles. The zero-order valence-corrected chi connectivity index (χ0v) is 12.7. The molecule has 0 fully saturated rings. The first-order valence-corrected chi connectivity index (χ1v) is 7.16. The molecule has 0 heterocycles. The van der Waals surface area contributed by atoms with Crippen LogP contribution >= 0.6 is 0 Å². The summed E-state index contributed by atoms with van der Waals surface area (Å²) in [6.07, 6.45) is 0.568. The number of rotatable bonds is 9. The maximum atomic E-state index is 13.3. The van der Waals surface area contributed by atoms with Gasteiger partial charge < -0.3 is 14.7 Å². The second-order valence-corrected chi connectivity index (χ2v) is 5.71. The minimum absolute atomic E-state index is 0.194. The van der Waals surface area contributed by atoms with Crippen molar-refractivity contribution in [2.24, 2.45) is 5.92 Å². The highest BCUT2D eigenvalue weighted by atomic mass is 19.1. The summed E-state index contributed by atoms with van der Waals surface area (Å²) in [5, 5.41) is 9.87. The van der Waals surface area contributed by atoms with Gasteiger partial charge in [-0.05, 0) is 32.0 Å². The molecule has 1 aromatic carbocycles. The van der Waals surface area contributed by atoms with E-state index in [1.165, 1.54) is 6.07 Å². The van der Waals surface area contributed by atoms with Gasteiger partial charge in [-0.1, -0.05) is 32.0 Å². The van der Waals surface area contributed by atoms with Crippen molar-refractivity contribution in [3.63, 3.8) is 0 Å². The van der Waals surface area contributed by atoms with Gasteiger partial charge in [-0.3, -0.25) is 0 Å². The summed E-state index contributed by atoms with van der Waals surface area (Å²) in [5.74, 6) is 0.392. The van der Waals surface area contributed by atoms with Gasteiger partial charge in [0, 0.05) is 12.1 Å². The highest BCUT2D eigenvalue weighted by molar-refractivity contribution is 5.16. The molecular weight excluding hydrogens is 257 g/mol. The van der Waals surface area contributed by atoms with Crippen LogP contribution in [0.25, 0.3) is 0 Å². The summed E-state index contributed by atoms with van der Waals surface area (Å²) < 4.78 is 18.7. The fraction of sp³-hybridized carbons (Fsp3) is 0.625. The van der Waals surface area contributed by atoms with E-state index >= 15 is 0 Å². The molecule has 0 amide bonds. The Bertz CT molecular complexity index is 384. The maximum absolute atomic E-state index is 13.3.